The highest BCUT2D eigenvalue weighted by molar-refractivity contribution is 7.09. The van der Waals surface area contributed by atoms with Crippen LogP contribution in [0.2, 0.25) is 0 Å². The molecule has 1 saturated heterocycles. The summed E-state index contributed by atoms with van der Waals surface area (Å²) < 4.78 is 3.92. The van der Waals surface area contributed by atoms with Crippen LogP contribution in [0.3, 0.4) is 0 Å². The molecule has 0 bridgehead atoms. The minimum atomic E-state index is 0.442. The average Bonchev–Trinajstić information content (AvgIpc) is 2.95. The molecule has 0 amide bonds. The number of H-pyrrole nitrogens is 1. The van der Waals surface area contributed by atoms with Gasteiger partial charge in [-0.05, 0) is 32.3 Å². The molecule has 0 radical (unpaired) electrons. The van der Waals surface area contributed by atoms with E-state index in [0.717, 1.165) is 35.4 Å². The Morgan fingerprint density at radius 1 is 1.26 bits per heavy atom. The standard InChI is InChI=1S/C11H17N7S/c1-6-4-18(5-7(2)12-6)11-13-10(15-16-11)9-8(3)14-17-19-9/h6-7,12H,4-5H2,1-3H3,(H,13,15,16). The second kappa shape index (κ2) is 4.86. The van der Waals surface area contributed by atoms with Crippen LogP contribution in [0.15, 0.2) is 0 Å². The van der Waals surface area contributed by atoms with Crippen molar-refractivity contribution in [2.24, 2.45) is 0 Å². The highest BCUT2D eigenvalue weighted by atomic mass is 32.1. The fourth-order valence-corrected chi connectivity index (χ4v) is 3.03. The Hall–Kier alpha value is -1.54. The maximum absolute atomic E-state index is 4.57. The monoisotopic (exact) mass is 279 g/mol. The Morgan fingerprint density at radius 2 is 2.00 bits per heavy atom. The van der Waals surface area contributed by atoms with E-state index in [0.29, 0.717) is 12.1 Å². The van der Waals surface area contributed by atoms with E-state index in [9.17, 15) is 0 Å². The fourth-order valence-electron chi connectivity index (χ4n) is 2.43. The molecule has 0 saturated carbocycles. The Bertz CT molecular complexity index is 553. The van der Waals surface area contributed by atoms with Gasteiger partial charge in [-0.2, -0.15) is 4.98 Å². The van der Waals surface area contributed by atoms with Crippen molar-refractivity contribution in [3.05, 3.63) is 5.69 Å². The van der Waals surface area contributed by atoms with Crippen LogP contribution < -0.4 is 10.2 Å². The van der Waals surface area contributed by atoms with Crippen LogP contribution in [-0.2, 0) is 0 Å². The van der Waals surface area contributed by atoms with E-state index >= 15 is 0 Å². The summed E-state index contributed by atoms with van der Waals surface area (Å²) in [5.74, 6) is 1.50. The lowest BCUT2D eigenvalue weighted by Gasteiger charge is -2.35. The van der Waals surface area contributed by atoms with Gasteiger partial charge in [0.2, 0.25) is 5.95 Å². The number of aromatic amines is 1. The molecule has 102 valence electrons. The van der Waals surface area contributed by atoms with Crippen LogP contribution in [0.4, 0.5) is 5.95 Å². The van der Waals surface area contributed by atoms with Gasteiger partial charge in [0.25, 0.3) is 0 Å². The first-order valence-electron chi connectivity index (χ1n) is 6.36. The van der Waals surface area contributed by atoms with Crippen LogP contribution in [0.25, 0.3) is 10.7 Å². The Labute approximate surface area is 115 Å². The molecular formula is C11H17N7S. The quantitative estimate of drug-likeness (QED) is 0.847. The molecule has 1 aliphatic rings. The van der Waals surface area contributed by atoms with Gasteiger partial charge in [-0.3, -0.25) is 5.10 Å². The fraction of sp³-hybridized carbons (Fsp3) is 0.636. The lowest BCUT2D eigenvalue weighted by atomic mass is 10.1. The van der Waals surface area contributed by atoms with Gasteiger partial charge in [0.1, 0.15) is 4.88 Å². The maximum atomic E-state index is 4.57. The predicted octanol–water partition coefficient (Wildman–Crippen LogP) is 0.818. The summed E-state index contributed by atoms with van der Waals surface area (Å²) in [6, 6.07) is 0.884. The third-order valence-electron chi connectivity index (χ3n) is 3.18. The van der Waals surface area contributed by atoms with Gasteiger partial charge in [0.05, 0.1) is 5.69 Å². The third kappa shape index (κ3) is 2.45. The summed E-state index contributed by atoms with van der Waals surface area (Å²) in [7, 11) is 0. The number of rotatable bonds is 2. The van der Waals surface area contributed by atoms with Crippen molar-refractivity contribution in [1.29, 1.82) is 0 Å². The number of hydrogen-bond donors (Lipinski definition) is 2. The molecule has 2 atom stereocenters. The molecule has 3 rings (SSSR count). The van der Waals surface area contributed by atoms with Crippen molar-refractivity contribution in [3.63, 3.8) is 0 Å². The van der Waals surface area contributed by atoms with Crippen molar-refractivity contribution in [2.75, 3.05) is 18.0 Å². The largest absolute Gasteiger partial charge is 0.336 e. The number of aromatic nitrogens is 5. The van der Waals surface area contributed by atoms with E-state index in [1.807, 2.05) is 6.92 Å². The lowest BCUT2D eigenvalue weighted by molar-refractivity contribution is 0.403. The smallest absolute Gasteiger partial charge is 0.245 e. The molecule has 2 N–H and O–H groups in total. The van der Waals surface area contributed by atoms with Crippen LogP contribution in [0.5, 0.6) is 0 Å². The molecule has 8 heteroatoms. The highest BCUT2D eigenvalue weighted by Crippen LogP contribution is 2.23. The minimum absolute atomic E-state index is 0.442. The molecule has 2 unspecified atom stereocenters. The van der Waals surface area contributed by atoms with Gasteiger partial charge in [0, 0.05) is 25.2 Å². The molecule has 2 aromatic heterocycles. The molecule has 0 spiro atoms. The molecule has 1 aliphatic heterocycles. The van der Waals surface area contributed by atoms with E-state index < -0.39 is 0 Å². The molecule has 0 aromatic carbocycles. The molecule has 19 heavy (non-hydrogen) atoms. The summed E-state index contributed by atoms with van der Waals surface area (Å²) in [4.78, 5) is 7.73. The first-order chi connectivity index (χ1) is 9.13. The highest BCUT2D eigenvalue weighted by Gasteiger charge is 2.24. The van der Waals surface area contributed by atoms with Gasteiger partial charge in [0.15, 0.2) is 5.82 Å². The average molecular weight is 279 g/mol. The van der Waals surface area contributed by atoms with Gasteiger partial charge in [-0.1, -0.05) is 4.49 Å². The zero-order valence-corrected chi connectivity index (χ0v) is 12.0. The molecule has 1 fully saturated rings. The number of nitrogens with one attached hydrogen (secondary N) is 2. The number of aryl methyl sites for hydroxylation is 1. The molecule has 0 aliphatic carbocycles. The molecule has 2 aromatic rings. The van der Waals surface area contributed by atoms with Crippen molar-refractivity contribution in [2.45, 2.75) is 32.9 Å². The topological polar surface area (TPSA) is 82.6 Å². The maximum Gasteiger partial charge on any atom is 0.245 e. The number of hydrogen-bond acceptors (Lipinski definition) is 7. The van der Waals surface area contributed by atoms with Crippen LogP contribution in [0, 0.1) is 6.92 Å². The molecular weight excluding hydrogens is 262 g/mol. The Balaban J connectivity index is 1.83. The molecule has 3 heterocycles. The van der Waals surface area contributed by atoms with Crippen molar-refractivity contribution >= 4 is 17.5 Å². The Kier molecular flexibility index (Phi) is 3.19. The zero-order chi connectivity index (χ0) is 13.4. The zero-order valence-electron chi connectivity index (χ0n) is 11.2. The SMILES string of the molecule is Cc1nnsc1-c1nc(N2CC(C)NC(C)C2)n[nH]1. The van der Waals surface area contributed by atoms with E-state index in [-0.39, 0.29) is 0 Å². The van der Waals surface area contributed by atoms with Crippen molar-refractivity contribution in [3.8, 4) is 10.7 Å². The first kappa shape index (κ1) is 12.5. The van der Waals surface area contributed by atoms with Crippen molar-refractivity contribution < 1.29 is 0 Å². The first-order valence-corrected chi connectivity index (χ1v) is 7.13. The normalized spacial score (nSPS) is 23.8. The van der Waals surface area contributed by atoms with E-state index in [1.54, 1.807) is 0 Å². The molecule has 7 nitrogen and oxygen atoms in total. The van der Waals surface area contributed by atoms with Crippen LogP contribution in [0.1, 0.15) is 19.5 Å². The number of piperazine rings is 1. The van der Waals surface area contributed by atoms with E-state index in [1.165, 1.54) is 11.5 Å². The van der Waals surface area contributed by atoms with Gasteiger partial charge < -0.3 is 10.2 Å². The summed E-state index contributed by atoms with van der Waals surface area (Å²) in [5.41, 5.74) is 0.884. The Morgan fingerprint density at radius 3 is 2.63 bits per heavy atom. The predicted molar refractivity (Wildman–Crippen MR) is 74.3 cm³/mol. The van der Waals surface area contributed by atoms with Gasteiger partial charge in [-0.15, -0.1) is 10.2 Å². The van der Waals surface area contributed by atoms with Gasteiger partial charge in [-0.25, -0.2) is 0 Å². The third-order valence-corrected chi connectivity index (χ3v) is 4.02. The number of anilines is 1. The van der Waals surface area contributed by atoms with Gasteiger partial charge >= 0.3 is 0 Å². The number of nitrogens with zero attached hydrogens (tertiary/aromatic N) is 5. The van der Waals surface area contributed by atoms with Crippen LogP contribution >= 0.6 is 11.5 Å². The van der Waals surface area contributed by atoms with E-state index in [2.05, 4.69) is 48.8 Å². The summed E-state index contributed by atoms with van der Waals surface area (Å²) in [6.45, 7) is 8.11. The second-order valence-electron chi connectivity index (χ2n) is 5.05. The lowest BCUT2D eigenvalue weighted by Crippen LogP contribution is -2.54. The van der Waals surface area contributed by atoms with E-state index in [4.69, 9.17) is 0 Å². The summed E-state index contributed by atoms with van der Waals surface area (Å²) >= 11 is 1.34. The second-order valence-corrected chi connectivity index (χ2v) is 5.80. The minimum Gasteiger partial charge on any atom is -0.336 e. The van der Waals surface area contributed by atoms with Crippen LogP contribution in [-0.4, -0.2) is 49.9 Å². The van der Waals surface area contributed by atoms with Crippen molar-refractivity contribution in [1.82, 2.24) is 30.1 Å². The summed E-state index contributed by atoms with van der Waals surface area (Å²) in [6.07, 6.45) is 0. The summed E-state index contributed by atoms with van der Waals surface area (Å²) in [5, 5.41) is 14.8.